The Bertz CT molecular complexity index is 290. The van der Waals surface area contributed by atoms with Crippen molar-refractivity contribution in [3.63, 3.8) is 0 Å². The van der Waals surface area contributed by atoms with E-state index in [1.54, 1.807) is 11.3 Å². The predicted octanol–water partition coefficient (Wildman–Crippen LogP) is 1.02. The summed E-state index contributed by atoms with van der Waals surface area (Å²) in [6.07, 6.45) is 0. The van der Waals surface area contributed by atoms with Gasteiger partial charge in [-0.2, -0.15) is 0 Å². The lowest BCUT2D eigenvalue weighted by atomic mass is 10.5. The molecule has 0 fully saturated rings. The van der Waals surface area contributed by atoms with Crippen molar-refractivity contribution in [2.45, 2.75) is 6.61 Å². The van der Waals surface area contributed by atoms with Gasteiger partial charge in [0.15, 0.2) is 0 Å². The van der Waals surface area contributed by atoms with Crippen LogP contribution in [-0.4, -0.2) is 12.5 Å². The molecular formula is C7H9BrN2O2S. The number of nitrogens with two attached hydrogens (primary N) is 1. The molecule has 1 amide bonds. The molecule has 1 heterocycles. The smallest absolute Gasteiger partial charge is 0.259 e. The molecule has 0 saturated heterocycles. The Morgan fingerprint density at radius 3 is 3.08 bits per heavy atom. The van der Waals surface area contributed by atoms with E-state index in [1.165, 1.54) is 0 Å². The van der Waals surface area contributed by atoms with Crippen molar-refractivity contribution in [3.8, 4) is 0 Å². The Hall–Kier alpha value is -0.430. The van der Waals surface area contributed by atoms with Crippen LogP contribution in [0, 0.1) is 0 Å². The highest BCUT2D eigenvalue weighted by Gasteiger charge is 2.00. The Balaban J connectivity index is 2.24. The molecule has 72 valence electrons. The zero-order chi connectivity index (χ0) is 9.68. The van der Waals surface area contributed by atoms with Gasteiger partial charge in [-0.15, -0.1) is 11.3 Å². The molecule has 0 aliphatic carbocycles. The Morgan fingerprint density at radius 1 is 1.77 bits per heavy atom. The highest BCUT2D eigenvalue weighted by Crippen LogP contribution is 2.20. The largest absolute Gasteiger partial charge is 0.366 e. The summed E-state index contributed by atoms with van der Waals surface area (Å²) >= 11 is 4.90. The van der Waals surface area contributed by atoms with Crippen LogP contribution in [0.25, 0.3) is 0 Å². The second kappa shape index (κ2) is 5.33. The molecule has 0 unspecified atom stereocenters. The third kappa shape index (κ3) is 3.86. The summed E-state index contributed by atoms with van der Waals surface area (Å²) in [5.74, 6) is 4.55. The number of halogens is 1. The lowest BCUT2D eigenvalue weighted by molar-refractivity contribution is -0.126. The van der Waals surface area contributed by atoms with E-state index in [1.807, 2.05) is 16.9 Å². The number of carbonyl (C=O) groups excluding carboxylic acids is 1. The van der Waals surface area contributed by atoms with Gasteiger partial charge in [0.05, 0.1) is 6.61 Å². The molecular weight excluding hydrogens is 256 g/mol. The molecule has 4 nitrogen and oxygen atoms in total. The normalized spacial score (nSPS) is 10.0. The molecule has 13 heavy (non-hydrogen) atoms. The van der Waals surface area contributed by atoms with Crippen molar-refractivity contribution in [1.82, 2.24) is 5.43 Å². The fraction of sp³-hybridized carbons (Fsp3) is 0.286. The number of hydrazine groups is 1. The standard InChI is InChI=1S/C7H9BrN2O2S/c8-5-1-6(13-4-5)2-12-3-7(11)10-9/h1,4H,2-3,9H2,(H,10,11). The van der Waals surface area contributed by atoms with E-state index in [4.69, 9.17) is 10.6 Å². The maximum atomic E-state index is 10.6. The maximum absolute atomic E-state index is 10.6. The molecule has 1 rings (SSSR count). The SMILES string of the molecule is NNC(=O)COCc1cc(Br)cs1. The van der Waals surface area contributed by atoms with Gasteiger partial charge in [0.25, 0.3) is 5.91 Å². The molecule has 0 aliphatic rings. The van der Waals surface area contributed by atoms with Crippen molar-refractivity contribution in [2.24, 2.45) is 5.84 Å². The minimum absolute atomic E-state index is 0.00792. The van der Waals surface area contributed by atoms with Gasteiger partial charge < -0.3 is 4.74 Å². The average molecular weight is 265 g/mol. The lowest BCUT2D eigenvalue weighted by Crippen LogP contribution is -2.33. The van der Waals surface area contributed by atoms with Crippen LogP contribution in [-0.2, 0) is 16.1 Å². The molecule has 0 aliphatic heterocycles. The zero-order valence-electron chi connectivity index (χ0n) is 6.75. The second-order valence-corrected chi connectivity index (χ2v) is 4.20. The Kier molecular flexibility index (Phi) is 4.37. The van der Waals surface area contributed by atoms with Crippen LogP contribution in [0.3, 0.4) is 0 Å². The van der Waals surface area contributed by atoms with Gasteiger partial charge in [-0.25, -0.2) is 5.84 Å². The summed E-state index contributed by atoms with van der Waals surface area (Å²) in [7, 11) is 0. The van der Waals surface area contributed by atoms with E-state index in [2.05, 4.69) is 15.9 Å². The number of thiophene rings is 1. The molecule has 1 aromatic heterocycles. The van der Waals surface area contributed by atoms with Crippen molar-refractivity contribution in [1.29, 1.82) is 0 Å². The number of hydrogen-bond donors (Lipinski definition) is 2. The molecule has 0 atom stereocenters. The number of rotatable bonds is 4. The van der Waals surface area contributed by atoms with Crippen molar-refractivity contribution >= 4 is 33.2 Å². The highest BCUT2D eigenvalue weighted by atomic mass is 79.9. The molecule has 0 spiro atoms. The van der Waals surface area contributed by atoms with Gasteiger partial charge in [-0.05, 0) is 22.0 Å². The minimum atomic E-state index is -0.323. The van der Waals surface area contributed by atoms with Gasteiger partial charge in [0.1, 0.15) is 6.61 Å². The number of ether oxygens (including phenoxy) is 1. The van der Waals surface area contributed by atoms with Crippen LogP contribution < -0.4 is 11.3 Å². The van der Waals surface area contributed by atoms with E-state index >= 15 is 0 Å². The van der Waals surface area contributed by atoms with Crippen LogP contribution in [0.15, 0.2) is 15.9 Å². The van der Waals surface area contributed by atoms with Gasteiger partial charge in [0, 0.05) is 14.7 Å². The number of nitrogens with one attached hydrogen (secondary N) is 1. The molecule has 6 heteroatoms. The summed E-state index contributed by atoms with van der Waals surface area (Å²) in [5, 5.41) is 1.96. The average Bonchev–Trinajstić information content (AvgIpc) is 2.51. The van der Waals surface area contributed by atoms with Crippen molar-refractivity contribution in [3.05, 3.63) is 20.8 Å². The summed E-state index contributed by atoms with van der Waals surface area (Å²) in [6.45, 7) is 0.426. The van der Waals surface area contributed by atoms with Gasteiger partial charge in [-0.3, -0.25) is 10.2 Å². The monoisotopic (exact) mass is 264 g/mol. The lowest BCUT2D eigenvalue weighted by Gasteiger charge is -2.00. The fourth-order valence-corrected chi connectivity index (χ4v) is 2.10. The van der Waals surface area contributed by atoms with Crippen molar-refractivity contribution < 1.29 is 9.53 Å². The molecule has 0 radical (unpaired) electrons. The first-order valence-corrected chi connectivity index (χ1v) is 5.19. The Labute approximate surface area is 88.2 Å². The number of hydrogen-bond acceptors (Lipinski definition) is 4. The van der Waals surface area contributed by atoms with Crippen LogP contribution in [0.2, 0.25) is 0 Å². The first-order chi connectivity index (χ1) is 6.22. The predicted molar refractivity (Wildman–Crippen MR) is 54.0 cm³/mol. The fourth-order valence-electron chi connectivity index (χ4n) is 0.715. The zero-order valence-corrected chi connectivity index (χ0v) is 9.15. The topological polar surface area (TPSA) is 64.3 Å². The van der Waals surface area contributed by atoms with Gasteiger partial charge in [-0.1, -0.05) is 0 Å². The summed E-state index contributed by atoms with van der Waals surface area (Å²) < 4.78 is 6.11. The van der Waals surface area contributed by atoms with Gasteiger partial charge in [0.2, 0.25) is 0 Å². The van der Waals surface area contributed by atoms with Gasteiger partial charge >= 0.3 is 0 Å². The first-order valence-electron chi connectivity index (χ1n) is 3.52. The van der Waals surface area contributed by atoms with E-state index in [-0.39, 0.29) is 12.5 Å². The van der Waals surface area contributed by atoms with E-state index in [9.17, 15) is 4.79 Å². The van der Waals surface area contributed by atoms with Crippen LogP contribution >= 0.6 is 27.3 Å². The first kappa shape index (κ1) is 10.6. The van der Waals surface area contributed by atoms with E-state index in [0.717, 1.165) is 9.35 Å². The molecule has 3 N–H and O–H groups in total. The summed E-state index contributed by atoms with van der Waals surface area (Å²) in [6, 6.07) is 1.95. The summed E-state index contributed by atoms with van der Waals surface area (Å²) in [4.78, 5) is 11.7. The third-order valence-electron chi connectivity index (χ3n) is 1.26. The molecule has 0 saturated carbocycles. The molecule has 0 aromatic carbocycles. The van der Waals surface area contributed by atoms with Crippen LogP contribution in [0.4, 0.5) is 0 Å². The maximum Gasteiger partial charge on any atom is 0.259 e. The summed E-state index contributed by atoms with van der Waals surface area (Å²) in [5.41, 5.74) is 1.99. The van der Waals surface area contributed by atoms with Crippen LogP contribution in [0.1, 0.15) is 4.88 Å². The second-order valence-electron chi connectivity index (χ2n) is 2.29. The van der Waals surface area contributed by atoms with Crippen LogP contribution in [0.5, 0.6) is 0 Å². The minimum Gasteiger partial charge on any atom is -0.366 e. The number of amides is 1. The third-order valence-corrected chi connectivity index (χ3v) is 2.93. The highest BCUT2D eigenvalue weighted by molar-refractivity contribution is 9.10. The van der Waals surface area contributed by atoms with E-state index < -0.39 is 0 Å². The van der Waals surface area contributed by atoms with E-state index in [0.29, 0.717) is 6.61 Å². The van der Waals surface area contributed by atoms with Crippen molar-refractivity contribution in [2.75, 3.05) is 6.61 Å². The molecule has 1 aromatic rings. The number of carbonyl (C=O) groups is 1. The Morgan fingerprint density at radius 2 is 2.54 bits per heavy atom. The molecule has 0 bridgehead atoms. The quantitative estimate of drug-likeness (QED) is 0.485.